The van der Waals surface area contributed by atoms with E-state index in [0.717, 1.165) is 65.0 Å². The van der Waals surface area contributed by atoms with Gasteiger partial charge in [0.05, 0.1) is 6.10 Å². The summed E-state index contributed by atoms with van der Waals surface area (Å²) in [6.07, 6.45) is 5.52. The maximum atomic E-state index is 9.54. The van der Waals surface area contributed by atoms with Crippen LogP contribution in [0.25, 0.3) is 22.6 Å². The molecule has 142 valence electrons. The van der Waals surface area contributed by atoms with Gasteiger partial charge in [-0.3, -0.25) is 0 Å². The Morgan fingerprint density at radius 2 is 1.96 bits per heavy atom. The number of H-pyrrole nitrogens is 1. The quantitative estimate of drug-likeness (QED) is 0.519. The van der Waals surface area contributed by atoms with Crippen molar-refractivity contribution in [3.63, 3.8) is 0 Å². The van der Waals surface area contributed by atoms with E-state index in [1.807, 2.05) is 30.3 Å². The number of aromatic nitrogens is 3. The molecule has 1 saturated carbocycles. The largest absolute Gasteiger partial charge is 0.492 e. The lowest BCUT2D eigenvalue weighted by atomic mass is 9.93. The van der Waals surface area contributed by atoms with E-state index in [9.17, 15) is 5.11 Å². The van der Waals surface area contributed by atoms with Crippen LogP contribution < -0.4 is 10.1 Å². The van der Waals surface area contributed by atoms with Crippen molar-refractivity contribution >= 4 is 27.1 Å². The highest BCUT2D eigenvalue weighted by Crippen LogP contribution is 2.23. The third kappa shape index (κ3) is 4.66. The van der Waals surface area contributed by atoms with E-state index in [1.54, 1.807) is 6.20 Å². The molecule has 27 heavy (non-hydrogen) atoms. The Morgan fingerprint density at radius 3 is 2.74 bits per heavy atom. The van der Waals surface area contributed by atoms with Gasteiger partial charge in [-0.1, -0.05) is 0 Å². The molecule has 3 N–H and O–H groups in total. The molecule has 0 spiro atoms. The molecule has 0 saturated heterocycles. The highest BCUT2D eigenvalue weighted by atomic mass is 79.9. The number of pyridine rings is 1. The van der Waals surface area contributed by atoms with Gasteiger partial charge < -0.3 is 20.1 Å². The van der Waals surface area contributed by atoms with E-state index in [4.69, 9.17) is 4.74 Å². The van der Waals surface area contributed by atoms with Gasteiger partial charge >= 0.3 is 0 Å². The van der Waals surface area contributed by atoms with Crippen LogP contribution in [0.4, 0.5) is 0 Å². The average molecular weight is 431 g/mol. The Morgan fingerprint density at radius 1 is 1.19 bits per heavy atom. The third-order valence-electron chi connectivity index (χ3n) is 4.93. The summed E-state index contributed by atoms with van der Waals surface area (Å²) < 4.78 is 6.73. The summed E-state index contributed by atoms with van der Waals surface area (Å²) in [4.78, 5) is 12.2. The predicted molar refractivity (Wildman–Crippen MR) is 109 cm³/mol. The fourth-order valence-electron chi connectivity index (χ4n) is 3.43. The molecule has 0 unspecified atom stereocenters. The van der Waals surface area contributed by atoms with Crippen LogP contribution in [0.15, 0.2) is 41.0 Å². The number of ether oxygens (including phenoxy) is 1. The topological polar surface area (TPSA) is 83.1 Å². The first-order valence-electron chi connectivity index (χ1n) is 9.33. The Kier molecular flexibility index (Phi) is 5.71. The van der Waals surface area contributed by atoms with Crippen LogP contribution in [-0.4, -0.2) is 45.4 Å². The lowest BCUT2D eigenvalue weighted by molar-refractivity contribution is 0.116. The summed E-state index contributed by atoms with van der Waals surface area (Å²) in [5.41, 5.74) is 2.60. The predicted octanol–water partition coefficient (Wildman–Crippen LogP) is 3.66. The molecular formula is C20H23BrN4O2. The maximum absolute atomic E-state index is 9.54. The summed E-state index contributed by atoms with van der Waals surface area (Å²) in [6, 6.07) is 10.4. The standard InChI is InChI=1S/C20H23BrN4O2/c21-14-11-18-20(23-12-14)25-19(24-18)13-1-7-17(8-2-13)27-10-9-22-15-3-5-16(26)6-4-15/h1-2,7-8,11-12,15-16,22,26H,3-6,9-10H2,(H,23,24,25). The molecule has 0 amide bonds. The van der Waals surface area contributed by atoms with Crippen molar-refractivity contribution in [1.82, 2.24) is 20.3 Å². The smallest absolute Gasteiger partial charge is 0.157 e. The summed E-state index contributed by atoms with van der Waals surface area (Å²) >= 11 is 3.42. The molecule has 0 bridgehead atoms. The number of aromatic amines is 1. The fourth-order valence-corrected chi connectivity index (χ4v) is 3.75. The van der Waals surface area contributed by atoms with Crippen molar-refractivity contribution in [3.05, 3.63) is 41.0 Å². The zero-order valence-corrected chi connectivity index (χ0v) is 16.6. The molecule has 2 aromatic heterocycles. The van der Waals surface area contributed by atoms with Crippen molar-refractivity contribution in [2.75, 3.05) is 13.2 Å². The van der Waals surface area contributed by atoms with Crippen molar-refractivity contribution in [1.29, 1.82) is 0 Å². The third-order valence-corrected chi connectivity index (χ3v) is 5.37. The minimum Gasteiger partial charge on any atom is -0.492 e. The van der Waals surface area contributed by atoms with Gasteiger partial charge in [-0.15, -0.1) is 0 Å². The first-order chi connectivity index (χ1) is 13.2. The Labute approximate surface area is 166 Å². The minimum absolute atomic E-state index is 0.109. The molecule has 3 aromatic rings. The number of halogens is 1. The van der Waals surface area contributed by atoms with Crippen molar-refractivity contribution < 1.29 is 9.84 Å². The lowest BCUT2D eigenvalue weighted by Gasteiger charge is -2.26. The van der Waals surface area contributed by atoms with E-state index in [1.165, 1.54) is 0 Å². The normalized spacial score (nSPS) is 20.1. The van der Waals surface area contributed by atoms with E-state index >= 15 is 0 Å². The van der Waals surface area contributed by atoms with E-state index in [0.29, 0.717) is 12.6 Å². The van der Waals surface area contributed by atoms with Gasteiger partial charge in [0.25, 0.3) is 0 Å². The summed E-state index contributed by atoms with van der Waals surface area (Å²) in [5.74, 6) is 1.64. The van der Waals surface area contributed by atoms with Gasteiger partial charge in [-0.05, 0) is 71.9 Å². The number of aliphatic hydroxyl groups excluding tert-OH is 1. The average Bonchev–Trinajstić information content (AvgIpc) is 3.10. The number of nitrogens with one attached hydrogen (secondary N) is 2. The van der Waals surface area contributed by atoms with E-state index in [2.05, 4.69) is 36.2 Å². The number of nitrogens with zero attached hydrogens (tertiary/aromatic N) is 2. The molecule has 4 rings (SSSR count). The van der Waals surface area contributed by atoms with Crippen LogP contribution in [-0.2, 0) is 0 Å². The molecular weight excluding hydrogens is 408 g/mol. The fraction of sp³-hybridized carbons (Fsp3) is 0.400. The molecule has 1 aliphatic carbocycles. The molecule has 7 heteroatoms. The van der Waals surface area contributed by atoms with Gasteiger partial charge in [0.1, 0.15) is 23.7 Å². The Balaban J connectivity index is 1.29. The first kappa shape index (κ1) is 18.4. The van der Waals surface area contributed by atoms with Crippen LogP contribution in [0.5, 0.6) is 5.75 Å². The molecule has 1 aromatic carbocycles. The summed E-state index contributed by atoms with van der Waals surface area (Å²) in [7, 11) is 0. The van der Waals surface area contributed by atoms with E-state index < -0.39 is 0 Å². The number of imidazole rings is 1. The van der Waals surface area contributed by atoms with Crippen LogP contribution in [0.2, 0.25) is 0 Å². The lowest BCUT2D eigenvalue weighted by Crippen LogP contribution is -2.36. The van der Waals surface area contributed by atoms with Gasteiger partial charge in [0.2, 0.25) is 0 Å². The SMILES string of the molecule is OC1CCC(NCCOc2ccc(-c3nc4cc(Br)cnc4[nH]3)cc2)CC1. The van der Waals surface area contributed by atoms with Crippen LogP contribution in [0.3, 0.4) is 0 Å². The summed E-state index contributed by atoms with van der Waals surface area (Å²) in [6.45, 7) is 1.44. The number of rotatable bonds is 6. The zero-order chi connectivity index (χ0) is 18.6. The van der Waals surface area contributed by atoms with Crippen molar-refractivity contribution in [3.8, 4) is 17.1 Å². The van der Waals surface area contributed by atoms with Gasteiger partial charge in [0.15, 0.2) is 5.65 Å². The highest BCUT2D eigenvalue weighted by Gasteiger charge is 2.18. The Bertz CT molecular complexity index is 889. The van der Waals surface area contributed by atoms with Gasteiger partial charge in [0, 0.05) is 28.8 Å². The molecule has 6 nitrogen and oxygen atoms in total. The highest BCUT2D eigenvalue weighted by molar-refractivity contribution is 9.10. The molecule has 1 aliphatic rings. The zero-order valence-electron chi connectivity index (χ0n) is 15.0. The number of hydrogen-bond donors (Lipinski definition) is 3. The molecule has 0 aliphatic heterocycles. The van der Waals surface area contributed by atoms with E-state index in [-0.39, 0.29) is 6.10 Å². The number of benzene rings is 1. The number of fused-ring (bicyclic) bond motifs is 1. The molecule has 0 atom stereocenters. The van der Waals surface area contributed by atoms with Crippen molar-refractivity contribution in [2.45, 2.75) is 37.8 Å². The van der Waals surface area contributed by atoms with Gasteiger partial charge in [-0.25, -0.2) is 9.97 Å². The van der Waals surface area contributed by atoms with Crippen molar-refractivity contribution in [2.24, 2.45) is 0 Å². The molecule has 1 fully saturated rings. The second-order valence-corrected chi connectivity index (χ2v) is 7.85. The second kappa shape index (κ2) is 8.37. The minimum atomic E-state index is -0.109. The van der Waals surface area contributed by atoms with Crippen LogP contribution >= 0.6 is 15.9 Å². The van der Waals surface area contributed by atoms with Crippen LogP contribution in [0.1, 0.15) is 25.7 Å². The first-order valence-corrected chi connectivity index (χ1v) is 10.1. The summed E-state index contributed by atoms with van der Waals surface area (Å²) in [5, 5.41) is 13.0. The maximum Gasteiger partial charge on any atom is 0.157 e. The number of hydrogen-bond acceptors (Lipinski definition) is 5. The van der Waals surface area contributed by atoms with Crippen LogP contribution in [0, 0.1) is 0 Å². The second-order valence-electron chi connectivity index (χ2n) is 6.94. The van der Waals surface area contributed by atoms with Gasteiger partial charge in [-0.2, -0.15) is 0 Å². The molecule has 0 radical (unpaired) electrons. The Hall–Kier alpha value is -1.96. The number of aliphatic hydroxyl groups is 1. The monoisotopic (exact) mass is 430 g/mol. The molecule has 2 heterocycles.